The number of hydrogen-bond acceptors (Lipinski definition) is 3. The Labute approximate surface area is 140 Å². The first kappa shape index (κ1) is 18.5. The number of benzene rings is 1. The molecule has 1 aromatic carbocycles. The molecule has 1 amide bonds. The molecule has 22 heavy (non-hydrogen) atoms. The quantitative estimate of drug-likeness (QED) is 0.632. The van der Waals surface area contributed by atoms with Crippen LogP contribution in [0, 0.1) is 5.92 Å². The van der Waals surface area contributed by atoms with Crippen LogP contribution in [0.2, 0.25) is 10.0 Å². The zero-order valence-corrected chi connectivity index (χ0v) is 14.2. The third-order valence-corrected chi connectivity index (χ3v) is 3.44. The molecule has 0 saturated heterocycles. The second-order valence-electron chi connectivity index (χ2n) is 4.98. The topological polar surface area (TPSA) is 55.4 Å². The first-order chi connectivity index (χ1) is 10.3. The predicted molar refractivity (Wildman–Crippen MR) is 88.9 cm³/mol. The SMILES string of the molecule is CCOC(=O)[C@H](NC(=O)/C=C/c1ccc(Cl)cc1Cl)C(C)C. The van der Waals surface area contributed by atoms with Crippen molar-refractivity contribution in [3.8, 4) is 0 Å². The van der Waals surface area contributed by atoms with Crippen LogP contribution in [0.5, 0.6) is 0 Å². The van der Waals surface area contributed by atoms with Crippen LogP contribution in [0.1, 0.15) is 26.3 Å². The van der Waals surface area contributed by atoms with Gasteiger partial charge in [0.1, 0.15) is 6.04 Å². The van der Waals surface area contributed by atoms with Gasteiger partial charge in [0.05, 0.1) is 6.61 Å². The van der Waals surface area contributed by atoms with Gasteiger partial charge in [0.25, 0.3) is 0 Å². The molecular formula is C16H19Cl2NO3. The Balaban J connectivity index is 2.74. The van der Waals surface area contributed by atoms with E-state index in [1.165, 1.54) is 6.08 Å². The maximum Gasteiger partial charge on any atom is 0.328 e. The Morgan fingerprint density at radius 3 is 2.55 bits per heavy atom. The molecule has 120 valence electrons. The summed E-state index contributed by atoms with van der Waals surface area (Å²) in [6.45, 7) is 5.66. The van der Waals surface area contributed by atoms with Gasteiger partial charge in [-0.2, -0.15) is 0 Å². The van der Waals surface area contributed by atoms with Crippen molar-refractivity contribution < 1.29 is 14.3 Å². The van der Waals surface area contributed by atoms with Crippen molar-refractivity contribution in [3.05, 3.63) is 39.9 Å². The Bertz CT molecular complexity index is 571. The Morgan fingerprint density at radius 1 is 1.32 bits per heavy atom. The van der Waals surface area contributed by atoms with Gasteiger partial charge in [0.2, 0.25) is 5.91 Å². The number of amides is 1. The lowest BCUT2D eigenvalue weighted by molar-refractivity contribution is -0.148. The van der Waals surface area contributed by atoms with E-state index in [2.05, 4.69) is 5.32 Å². The molecule has 0 aliphatic rings. The molecule has 0 spiro atoms. The molecule has 4 nitrogen and oxygen atoms in total. The highest BCUT2D eigenvalue weighted by Crippen LogP contribution is 2.21. The summed E-state index contributed by atoms with van der Waals surface area (Å²) in [5.41, 5.74) is 0.665. The van der Waals surface area contributed by atoms with Crippen LogP contribution in [0.15, 0.2) is 24.3 Å². The van der Waals surface area contributed by atoms with Crippen molar-refractivity contribution in [2.24, 2.45) is 5.92 Å². The molecule has 1 rings (SSSR count). The highest BCUT2D eigenvalue weighted by molar-refractivity contribution is 6.35. The summed E-state index contributed by atoms with van der Waals surface area (Å²) in [4.78, 5) is 23.7. The van der Waals surface area contributed by atoms with Gasteiger partial charge in [0, 0.05) is 16.1 Å². The number of esters is 1. The largest absolute Gasteiger partial charge is 0.464 e. The van der Waals surface area contributed by atoms with E-state index in [9.17, 15) is 9.59 Å². The van der Waals surface area contributed by atoms with Gasteiger partial charge in [-0.15, -0.1) is 0 Å². The molecule has 6 heteroatoms. The van der Waals surface area contributed by atoms with E-state index in [-0.39, 0.29) is 12.5 Å². The lowest BCUT2D eigenvalue weighted by atomic mass is 10.0. The minimum Gasteiger partial charge on any atom is -0.464 e. The maximum atomic E-state index is 11.9. The first-order valence-electron chi connectivity index (χ1n) is 6.95. The second kappa shape index (κ2) is 8.81. The first-order valence-corrected chi connectivity index (χ1v) is 7.71. The van der Waals surface area contributed by atoms with E-state index in [1.807, 2.05) is 13.8 Å². The molecule has 0 saturated carbocycles. The van der Waals surface area contributed by atoms with Gasteiger partial charge in [-0.1, -0.05) is 43.1 Å². The highest BCUT2D eigenvalue weighted by Gasteiger charge is 2.24. The Hall–Kier alpha value is -1.52. The average Bonchev–Trinajstić information content (AvgIpc) is 2.43. The Morgan fingerprint density at radius 2 is 2.00 bits per heavy atom. The summed E-state index contributed by atoms with van der Waals surface area (Å²) in [5, 5.41) is 3.60. The van der Waals surface area contributed by atoms with Crippen molar-refractivity contribution in [2.75, 3.05) is 6.61 Å². The summed E-state index contributed by atoms with van der Waals surface area (Å²) < 4.78 is 4.95. The molecule has 1 N–H and O–H groups in total. The van der Waals surface area contributed by atoms with Crippen molar-refractivity contribution in [1.29, 1.82) is 0 Å². The number of nitrogens with one attached hydrogen (secondary N) is 1. The number of carbonyl (C=O) groups is 2. The molecule has 0 fully saturated rings. The van der Waals surface area contributed by atoms with E-state index >= 15 is 0 Å². The fraction of sp³-hybridized carbons (Fsp3) is 0.375. The molecule has 1 atom stereocenters. The summed E-state index contributed by atoms with van der Waals surface area (Å²) in [6.07, 6.45) is 2.89. The van der Waals surface area contributed by atoms with Crippen molar-refractivity contribution >= 4 is 41.2 Å². The molecule has 0 aliphatic heterocycles. The minimum absolute atomic E-state index is 0.0736. The standard InChI is InChI=1S/C16H19Cl2NO3/c1-4-22-16(21)15(10(2)3)19-14(20)8-6-11-5-7-12(17)9-13(11)18/h5-10,15H,4H2,1-3H3,(H,19,20)/b8-6+/t15-/m1/s1. The molecule has 0 heterocycles. The zero-order chi connectivity index (χ0) is 16.7. The molecule has 0 unspecified atom stereocenters. The zero-order valence-electron chi connectivity index (χ0n) is 12.7. The summed E-state index contributed by atoms with van der Waals surface area (Å²) in [7, 11) is 0. The average molecular weight is 344 g/mol. The van der Waals surface area contributed by atoms with E-state index in [4.69, 9.17) is 27.9 Å². The molecular weight excluding hydrogens is 325 g/mol. The van der Waals surface area contributed by atoms with Gasteiger partial charge >= 0.3 is 5.97 Å². The highest BCUT2D eigenvalue weighted by atomic mass is 35.5. The third kappa shape index (κ3) is 5.70. The van der Waals surface area contributed by atoms with Gasteiger partial charge in [-0.05, 0) is 36.6 Å². The van der Waals surface area contributed by atoms with Gasteiger partial charge in [0.15, 0.2) is 0 Å². The van der Waals surface area contributed by atoms with Crippen molar-refractivity contribution in [2.45, 2.75) is 26.8 Å². The fourth-order valence-corrected chi connectivity index (χ4v) is 2.20. The van der Waals surface area contributed by atoms with Crippen LogP contribution >= 0.6 is 23.2 Å². The van der Waals surface area contributed by atoms with Crippen LogP contribution < -0.4 is 5.32 Å². The summed E-state index contributed by atoms with van der Waals surface area (Å²) >= 11 is 11.8. The number of rotatable bonds is 6. The smallest absolute Gasteiger partial charge is 0.328 e. The molecule has 0 bridgehead atoms. The summed E-state index contributed by atoms with van der Waals surface area (Å²) in [6, 6.07) is 4.30. The lowest BCUT2D eigenvalue weighted by Crippen LogP contribution is -2.44. The van der Waals surface area contributed by atoms with Crippen LogP contribution in [0.3, 0.4) is 0 Å². The van der Waals surface area contributed by atoms with Crippen LogP contribution in [-0.2, 0) is 14.3 Å². The molecule has 1 aromatic rings. The Kier molecular flexibility index (Phi) is 7.42. The normalized spacial score (nSPS) is 12.5. The maximum absolute atomic E-state index is 11.9. The van der Waals surface area contributed by atoms with Gasteiger partial charge < -0.3 is 10.1 Å². The van der Waals surface area contributed by atoms with Crippen LogP contribution in [0.4, 0.5) is 0 Å². The third-order valence-electron chi connectivity index (χ3n) is 2.88. The monoisotopic (exact) mass is 343 g/mol. The van der Waals surface area contributed by atoms with Crippen LogP contribution in [0.25, 0.3) is 6.08 Å². The van der Waals surface area contributed by atoms with Gasteiger partial charge in [-0.3, -0.25) is 4.79 Å². The molecule has 0 radical (unpaired) electrons. The van der Waals surface area contributed by atoms with E-state index in [0.717, 1.165) is 0 Å². The van der Waals surface area contributed by atoms with Crippen LogP contribution in [-0.4, -0.2) is 24.5 Å². The van der Waals surface area contributed by atoms with E-state index in [0.29, 0.717) is 15.6 Å². The molecule has 0 aromatic heterocycles. The van der Waals surface area contributed by atoms with Crippen molar-refractivity contribution in [1.82, 2.24) is 5.32 Å². The van der Waals surface area contributed by atoms with E-state index < -0.39 is 17.9 Å². The number of carbonyl (C=O) groups excluding carboxylic acids is 2. The van der Waals surface area contributed by atoms with Gasteiger partial charge in [-0.25, -0.2) is 4.79 Å². The minimum atomic E-state index is -0.683. The van der Waals surface area contributed by atoms with E-state index in [1.54, 1.807) is 31.2 Å². The number of ether oxygens (including phenoxy) is 1. The number of hydrogen-bond donors (Lipinski definition) is 1. The predicted octanol–water partition coefficient (Wildman–Crippen LogP) is 3.71. The molecule has 0 aliphatic carbocycles. The fourth-order valence-electron chi connectivity index (χ4n) is 1.73. The lowest BCUT2D eigenvalue weighted by Gasteiger charge is -2.19. The summed E-state index contributed by atoms with van der Waals surface area (Å²) in [5.74, 6) is -0.905. The van der Waals surface area contributed by atoms with Crippen molar-refractivity contribution in [3.63, 3.8) is 0 Å². The number of halogens is 2. The second-order valence-corrected chi connectivity index (χ2v) is 5.83.